The number of nitrogens with one attached hydrogen (secondary N) is 1. The first-order valence-corrected chi connectivity index (χ1v) is 7.40. The first kappa shape index (κ1) is 11.9. The highest BCUT2D eigenvalue weighted by atomic mass is 32.1. The SMILES string of the molecule is CC(C)c1nc(-c2ccc3c(c2)CNCC3)cs1. The van der Waals surface area contributed by atoms with E-state index in [-0.39, 0.29) is 0 Å². The zero-order chi connectivity index (χ0) is 12.5. The summed E-state index contributed by atoms with van der Waals surface area (Å²) in [6.45, 7) is 6.48. The van der Waals surface area contributed by atoms with E-state index in [4.69, 9.17) is 4.98 Å². The molecule has 18 heavy (non-hydrogen) atoms. The predicted molar refractivity (Wildman–Crippen MR) is 77.0 cm³/mol. The Labute approximate surface area is 112 Å². The number of fused-ring (bicyclic) bond motifs is 1. The zero-order valence-corrected chi connectivity index (χ0v) is 11.7. The maximum absolute atomic E-state index is 4.73. The van der Waals surface area contributed by atoms with E-state index in [2.05, 4.69) is 42.7 Å². The number of rotatable bonds is 2. The summed E-state index contributed by atoms with van der Waals surface area (Å²) in [5.41, 5.74) is 5.28. The molecule has 94 valence electrons. The summed E-state index contributed by atoms with van der Waals surface area (Å²) in [4.78, 5) is 4.73. The number of thiazole rings is 1. The lowest BCUT2D eigenvalue weighted by Gasteiger charge is -2.17. The minimum Gasteiger partial charge on any atom is -0.312 e. The first-order valence-electron chi connectivity index (χ1n) is 6.52. The molecule has 0 saturated carbocycles. The van der Waals surface area contributed by atoms with Gasteiger partial charge in [-0.1, -0.05) is 26.0 Å². The fourth-order valence-electron chi connectivity index (χ4n) is 2.33. The van der Waals surface area contributed by atoms with Crippen molar-refractivity contribution in [3.8, 4) is 11.3 Å². The van der Waals surface area contributed by atoms with Crippen molar-refractivity contribution < 1.29 is 0 Å². The maximum Gasteiger partial charge on any atom is 0.0958 e. The molecular weight excluding hydrogens is 240 g/mol. The van der Waals surface area contributed by atoms with Gasteiger partial charge in [-0.05, 0) is 30.2 Å². The van der Waals surface area contributed by atoms with Crippen LogP contribution in [-0.2, 0) is 13.0 Å². The second kappa shape index (κ2) is 4.82. The molecule has 0 amide bonds. The van der Waals surface area contributed by atoms with Crippen LogP contribution in [0, 0.1) is 0 Å². The average Bonchev–Trinajstić information content (AvgIpc) is 2.88. The number of nitrogens with zero attached hydrogens (tertiary/aromatic N) is 1. The average molecular weight is 258 g/mol. The van der Waals surface area contributed by atoms with Gasteiger partial charge < -0.3 is 5.32 Å². The quantitative estimate of drug-likeness (QED) is 0.890. The molecule has 0 saturated heterocycles. The molecule has 3 rings (SSSR count). The Bertz CT molecular complexity index is 557. The molecule has 0 fully saturated rings. The fourth-order valence-corrected chi connectivity index (χ4v) is 3.17. The standard InChI is InChI=1S/C15H18N2S/c1-10(2)15-17-14(9-18-15)12-4-3-11-5-6-16-8-13(11)7-12/h3-4,7,9-10,16H,5-6,8H2,1-2H3. The minimum atomic E-state index is 0.517. The van der Waals surface area contributed by atoms with Crippen LogP contribution in [0.2, 0.25) is 0 Å². The molecule has 2 nitrogen and oxygen atoms in total. The Morgan fingerprint density at radius 3 is 2.94 bits per heavy atom. The molecule has 1 aliphatic rings. The summed E-state index contributed by atoms with van der Waals surface area (Å²) < 4.78 is 0. The largest absolute Gasteiger partial charge is 0.312 e. The normalized spacial score (nSPS) is 14.8. The Kier molecular flexibility index (Phi) is 3.18. The van der Waals surface area contributed by atoms with Gasteiger partial charge in [-0.25, -0.2) is 4.98 Å². The van der Waals surface area contributed by atoms with Gasteiger partial charge in [0.15, 0.2) is 0 Å². The lowest BCUT2D eigenvalue weighted by Crippen LogP contribution is -2.23. The van der Waals surface area contributed by atoms with Crippen molar-refractivity contribution in [2.24, 2.45) is 0 Å². The van der Waals surface area contributed by atoms with Gasteiger partial charge in [0, 0.05) is 23.4 Å². The molecule has 0 aliphatic carbocycles. The van der Waals surface area contributed by atoms with Gasteiger partial charge in [0.05, 0.1) is 10.7 Å². The molecule has 0 radical (unpaired) electrons. The van der Waals surface area contributed by atoms with Crippen molar-refractivity contribution in [1.29, 1.82) is 0 Å². The molecule has 0 unspecified atom stereocenters. The van der Waals surface area contributed by atoms with Crippen LogP contribution in [0.1, 0.15) is 35.9 Å². The summed E-state index contributed by atoms with van der Waals surface area (Å²) >= 11 is 1.76. The molecule has 3 heteroatoms. The van der Waals surface area contributed by atoms with Crippen molar-refractivity contribution >= 4 is 11.3 Å². The van der Waals surface area contributed by atoms with Crippen molar-refractivity contribution in [1.82, 2.24) is 10.3 Å². The van der Waals surface area contributed by atoms with E-state index >= 15 is 0 Å². The maximum atomic E-state index is 4.73. The van der Waals surface area contributed by atoms with Crippen molar-refractivity contribution in [2.75, 3.05) is 6.54 Å². The predicted octanol–water partition coefficient (Wildman–Crippen LogP) is 3.58. The van der Waals surface area contributed by atoms with Crippen molar-refractivity contribution in [3.63, 3.8) is 0 Å². The van der Waals surface area contributed by atoms with Crippen LogP contribution in [-0.4, -0.2) is 11.5 Å². The molecule has 0 spiro atoms. The second-order valence-electron chi connectivity index (χ2n) is 5.14. The Hall–Kier alpha value is -1.19. The molecule has 1 aromatic carbocycles. The summed E-state index contributed by atoms with van der Waals surface area (Å²) in [6.07, 6.45) is 1.14. The van der Waals surface area contributed by atoms with E-state index in [0.717, 1.165) is 25.2 Å². The molecule has 2 heterocycles. The molecule has 1 N–H and O–H groups in total. The Morgan fingerprint density at radius 2 is 2.17 bits per heavy atom. The Morgan fingerprint density at radius 1 is 1.28 bits per heavy atom. The highest BCUT2D eigenvalue weighted by Gasteiger charge is 2.12. The Balaban J connectivity index is 1.95. The van der Waals surface area contributed by atoms with Gasteiger partial charge in [-0.2, -0.15) is 0 Å². The third-order valence-electron chi connectivity index (χ3n) is 3.40. The van der Waals surface area contributed by atoms with Crippen LogP contribution < -0.4 is 5.32 Å². The van der Waals surface area contributed by atoms with E-state index in [9.17, 15) is 0 Å². The van der Waals surface area contributed by atoms with Gasteiger partial charge in [0.25, 0.3) is 0 Å². The first-order chi connectivity index (χ1) is 8.74. The van der Waals surface area contributed by atoms with Crippen LogP contribution in [0.25, 0.3) is 11.3 Å². The van der Waals surface area contributed by atoms with Crippen LogP contribution >= 0.6 is 11.3 Å². The van der Waals surface area contributed by atoms with Gasteiger partial charge >= 0.3 is 0 Å². The molecule has 0 bridgehead atoms. The smallest absolute Gasteiger partial charge is 0.0958 e. The molecule has 0 atom stereocenters. The van der Waals surface area contributed by atoms with Crippen LogP contribution in [0.15, 0.2) is 23.6 Å². The summed E-state index contributed by atoms with van der Waals surface area (Å²) in [5.74, 6) is 0.517. The molecule has 2 aromatic rings. The number of aromatic nitrogens is 1. The fraction of sp³-hybridized carbons (Fsp3) is 0.400. The van der Waals surface area contributed by atoms with Gasteiger partial charge in [0.1, 0.15) is 0 Å². The van der Waals surface area contributed by atoms with Crippen LogP contribution in [0.5, 0.6) is 0 Å². The van der Waals surface area contributed by atoms with E-state index in [1.54, 1.807) is 11.3 Å². The lowest BCUT2D eigenvalue weighted by atomic mass is 9.98. The van der Waals surface area contributed by atoms with Crippen molar-refractivity contribution in [2.45, 2.75) is 32.7 Å². The highest BCUT2D eigenvalue weighted by Crippen LogP contribution is 2.28. The molecule has 1 aromatic heterocycles. The zero-order valence-electron chi connectivity index (χ0n) is 10.9. The van der Waals surface area contributed by atoms with E-state index in [1.807, 2.05) is 0 Å². The highest BCUT2D eigenvalue weighted by molar-refractivity contribution is 7.10. The lowest BCUT2D eigenvalue weighted by molar-refractivity contribution is 0.644. The van der Waals surface area contributed by atoms with Crippen LogP contribution in [0.4, 0.5) is 0 Å². The minimum absolute atomic E-state index is 0.517. The summed E-state index contributed by atoms with van der Waals surface area (Å²) in [6, 6.07) is 6.77. The molecular formula is C15H18N2S. The number of hydrogen-bond acceptors (Lipinski definition) is 3. The van der Waals surface area contributed by atoms with Crippen LogP contribution in [0.3, 0.4) is 0 Å². The summed E-state index contributed by atoms with van der Waals surface area (Å²) in [5, 5.41) is 6.82. The van der Waals surface area contributed by atoms with Gasteiger partial charge in [0.2, 0.25) is 0 Å². The van der Waals surface area contributed by atoms with E-state index in [1.165, 1.54) is 21.7 Å². The number of hydrogen-bond donors (Lipinski definition) is 1. The monoisotopic (exact) mass is 258 g/mol. The molecule has 1 aliphatic heterocycles. The second-order valence-corrected chi connectivity index (χ2v) is 6.03. The third kappa shape index (κ3) is 2.20. The van der Waals surface area contributed by atoms with E-state index < -0.39 is 0 Å². The van der Waals surface area contributed by atoms with E-state index in [0.29, 0.717) is 5.92 Å². The topological polar surface area (TPSA) is 24.9 Å². The summed E-state index contributed by atoms with van der Waals surface area (Å²) in [7, 11) is 0. The van der Waals surface area contributed by atoms with Gasteiger partial charge in [-0.3, -0.25) is 0 Å². The van der Waals surface area contributed by atoms with Gasteiger partial charge in [-0.15, -0.1) is 11.3 Å². The third-order valence-corrected chi connectivity index (χ3v) is 4.55. The number of benzene rings is 1. The van der Waals surface area contributed by atoms with Crippen molar-refractivity contribution in [3.05, 3.63) is 39.7 Å².